The van der Waals surface area contributed by atoms with Crippen LogP contribution in [-0.2, 0) is 9.53 Å². The normalized spacial score (nSPS) is 11.0. The van der Waals surface area contributed by atoms with Gasteiger partial charge in [0.05, 0.1) is 6.61 Å². The molecule has 23 heavy (non-hydrogen) atoms. The number of nitrogens with one attached hydrogen (secondary N) is 2. The van der Waals surface area contributed by atoms with E-state index in [1.54, 1.807) is 30.3 Å². The Bertz CT molecular complexity index is 778. The molecule has 0 aliphatic heterocycles. The highest BCUT2D eigenvalue weighted by Crippen LogP contribution is 2.29. The summed E-state index contributed by atoms with van der Waals surface area (Å²) in [5.41, 5.74) is 0.647. The molecule has 3 N–H and O–H groups in total. The highest BCUT2D eigenvalue weighted by Gasteiger charge is 2.08. The molecule has 0 atom stereocenters. The number of carbonyl (C=O) groups excluding carboxylic acids is 1. The van der Waals surface area contributed by atoms with Gasteiger partial charge in [-0.2, -0.15) is 5.26 Å². The third-order valence-electron chi connectivity index (χ3n) is 3.23. The third kappa shape index (κ3) is 3.99. The summed E-state index contributed by atoms with van der Waals surface area (Å²) in [5, 5.41) is 26.0. The summed E-state index contributed by atoms with van der Waals surface area (Å²) in [6.07, 6.45) is 1.35. The van der Waals surface area contributed by atoms with Crippen molar-refractivity contribution in [3.63, 3.8) is 0 Å². The van der Waals surface area contributed by atoms with Gasteiger partial charge in [-0.1, -0.05) is 24.3 Å². The number of carbonyl (C=O) groups is 1. The lowest BCUT2D eigenvalue weighted by atomic mass is 10.1. The molecule has 6 heteroatoms. The fourth-order valence-corrected chi connectivity index (χ4v) is 2.08. The Balaban J connectivity index is 2.20. The highest BCUT2D eigenvalue weighted by atomic mass is 16.5. The molecule has 0 heterocycles. The molecule has 0 aliphatic rings. The second kappa shape index (κ2) is 7.82. The number of phenolic OH excluding ortho intramolecular Hbond substituents is 1. The maximum atomic E-state index is 11.9. The maximum absolute atomic E-state index is 11.9. The van der Waals surface area contributed by atoms with Crippen LogP contribution >= 0.6 is 0 Å². The van der Waals surface area contributed by atoms with E-state index in [1.807, 2.05) is 12.1 Å². The zero-order valence-corrected chi connectivity index (χ0v) is 12.7. The van der Waals surface area contributed by atoms with Crippen molar-refractivity contribution in [1.29, 1.82) is 5.26 Å². The molecule has 0 spiro atoms. The molecular weight excluding hydrogens is 294 g/mol. The molecule has 2 rings (SSSR count). The molecular formula is C17H17N3O3. The molecule has 0 unspecified atom stereocenters. The number of hydrogen-bond donors (Lipinski definition) is 3. The predicted molar refractivity (Wildman–Crippen MR) is 87.8 cm³/mol. The van der Waals surface area contributed by atoms with E-state index in [9.17, 15) is 9.90 Å². The summed E-state index contributed by atoms with van der Waals surface area (Å²) in [6.45, 7) is 0.705. The minimum absolute atomic E-state index is 0.0433. The van der Waals surface area contributed by atoms with Gasteiger partial charge < -0.3 is 20.5 Å². The van der Waals surface area contributed by atoms with Gasteiger partial charge in [0.25, 0.3) is 5.91 Å². The van der Waals surface area contributed by atoms with Crippen LogP contribution in [0.1, 0.15) is 0 Å². The van der Waals surface area contributed by atoms with Gasteiger partial charge in [-0.05, 0) is 12.1 Å². The van der Waals surface area contributed by atoms with Crippen molar-refractivity contribution in [2.75, 3.05) is 25.6 Å². The Labute approximate surface area is 134 Å². The molecule has 2 aromatic carbocycles. The topological polar surface area (TPSA) is 94.4 Å². The standard InChI is InChI=1S/C17H17N3O3/c1-23-9-8-19-17(22)12(10-18)11-20-15-6-2-5-14-13(15)4-3-7-16(14)21/h2-7,11,20-21H,8-9H2,1H3,(H,19,22)/b12-11-. The number of nitriles is 1. The molecule has 6 nitrogen and oxygen atoms in total. The van der Waals surface area contributed by atoms with E-state index >= 15 is 0 Å². The average molecular weight is 311 g/mol. The Kier molecular flexibility index (Phi) is 5.56. The van der Waals surface area contributed by atoms with Crippen molar-refractivity contribution in [3.8, 4) is 11.8 Å². The van der Waals surface area contributed by atoms with E-state index in [-0.39, 0.29) is 11.3 Å². The number of phenols is 1. The van der Waals surface area contributed by atoms with Gasteiger partial charge in [0, 0.05) is 36.3 Å². The molecule has 0 radical (unpaired) electrons. The van der Waals surface area contributed by atoms with E-state index in [4.69, 9.17) is 10.00 Å². The number of methoxy groups -OCH3 is 1. The molecule has 0 fully saturated rings. The number of ether oxygens (including phenoxy) is 1. The zero-order chi connectivity index (χ0) is 16.7. The molecule has 0 bridgehead atoms. The van der Waals surface area contributed by atoms with Crippen molar-refractivity contribution in [2.24, 2.45) is 0 Å². The van der Waals surface area contributed by atoms with Crippen molar-refractivity contribution in [1.82, 2.24) is 5.32 Å². The molecule has 118 valence electrons. The summed E-state index contributed by atoms with van der Waals surface area (Å²) < 4.78 is 4.84. The van der Waals surface area contributed by atoms with Crippen LogP contribution in [0.25, 0.3) is 10.8 Å². The molecule has 0 saturated carbocycles. The van der Waals surface area contributed by atoms with Crippen molar-refractivity contribution in [2.45, 2.75) is 0 Å². The van der Waals surface area contributed by atoms with Crippen LogP contribution in [-0.4, -0.2) is 31.3 Å². The highest BCUT2D eigenvalue weighted by molar-refractivity contribution is 6.00. The van der Waals surface area contributed by atoms with Crippen LogP contribution in [0.2, 0.25) is 0 Å². The van der Waals surface area contributed by atoms with Gasteiger partial charge in [0.2, 0.25) is 0 Å². The smallest absolute Gasteiger partial charge is 0.263 e. The minimum Gasteiger partial charge on any atom is -0.507 e. The fourth-order valence-electron chi connectivity index (χ4n) is 2.08. The predicted octanol–water partition coefficient (Wildman–Crippen LogP) is 2.13. The van der Waals surface area contributed by atoms with Crippen LogP contribution in [0, 0.1) is 11.3 Å². The Morgan fingerprint density at radius 3 is 2.78 bits per heavy atom. The summed E-state index contributed by atoms with van der Waals surface area (Å²) in [5.74, 6) is -0.298. The van der Waals surface area contributed by atoms with Crippen LogP contribution < -0.4 is 10.6 Å². The van der Waals surface area contributed by atoms with Gasteiger partial charge in [-0.15, -0.1) is 0 Å². The number of aromatic hydroxyl groups is 1. The van der Waals surface area contributed by atoms with Crippen LogP contribution in [0.3, 0.4) is 0 Å². The lowest BCUT2D eigenvalue weighted by Gasteiger charge is -2.08. The van der Waals surface area contributed by atoms with Crippen molar-refractivity contribution < 1.29 is 14.6 Å². The number of benzene rings is 2. The van der Waals surface area contributed by atoms with Crippen molar-refractivity contribution >= 4 is 22.4 Å². The van der Waals surface area contributed by atoms with Crippen molar-refractivity contribution in [3.05, 3.63) is 48.2 Å². The van der Waals surface area contributed by atoms with Gasteiger partial charge in [-0.25, -0.2) is 0 Å². The maximum Gasteiger partial charge on any atom is 0.263 e. The number of hydrogen-bond acceptors (Lipinski definition) is 5. The molecule has 0 aliphatic carbocycles. The van der Waals surface area contributed by atoms with Gasteiger partial charge in [-0.3, -0.25) is 4.79 Å². The Morgan fingerprint density at radius 1 is 1.30 bits per heavy atom. The summed E-state index contributed by atoms with van der Waals surface area (Å²) >= 11 is 0. The van der Waals surface area contributed by atoms with E-state index in [2.05, 4.69) is 10.6 Å². The van der Waals surface area contributed by atoms with Gasteiger partial charge in [0.1, 0.15) is 17.4 Å². The Morgan fingerprint density at radius 2 is 2.04 bits per heavy atom. The summed E-state index contributed by atoms with van der Waals surface area (Å²) in [4.78, 5) is 11.9. The first-order chi connectivity index (χ1) is 11.2. The first kappa shape index (κ1) is 16.3. The van der Waals surface area contributed by atoms with E-state index in [0.717, 1.165) is 5.39 Å². The first-order valence-electron chi connectivity index (χ1n) is 7.02. The quantitative estimate of drug-likeness (QED) is 0.431. The number of anilines is 1. The zero-order valence-electron chi connectivity index (χ0n) is 12.7. The second-order valence-corrected chi connectivity index (χ2v) is 4.74. The summed E-state index contributed by atoms with van der Waals surface area (Å²) in [6, 6.07) is 12.4. The van der Waals surface area contributed by atoms with Crippen LogP contribution in [0.15, 0.2) is 48.2 Å². The van der Waals surface area contributed by atoms with Gasteiger partial charge in [0.15, 0.2) is 0 Å². The van der Waals surface area contributed by atoms with Crippen LogP contribution in [0.5, 0.6) is 5.75 Å². The monoisotopic (exact) mass is 311 g/mol. The van der Waals surface area contributed by atoms with Gasteiger partial charge >= 0.3 is 0 Å². The lowest BCUT2D eigenvalue weighted by molar-refractivity contribution is -0.117. The number of rotatable bonds is 6. The molecule has 0 aromatic heterocycles. The number of nitrogens with zero attached hydrogens (tertiary/aromatic N) is 1. The molecule has 0 saturated heterocycles. The second-order valence-electron chi connectivity index (χ2n) is 4.74. The van der Waals surface area contributed by atoms with E-state index in [0.29, 0.717) is 24.2 Å². The largest absolute Gasteiger partial charge is 0.507 e. The molecule has 2 aromatic rings. The van der Waals surface area contributed by atoms with E-state index in [1.165, 1.54) is 13.3 Å². The average Bonchev–Trinajstić information content (AvgIpc) is 2.56. The third-order valence-corrected chi connectivity index (χ3v) is 3.23. The van der Waals surface area contributed by atoms with Crippen LogP contribution in [0.4, 0.5) is 5.69 Å². The first-order valence-corrected chi connectivity index (χ1v) is 7.02. The number of amides is 1. The minimum atomic E-state index is -0.472. The summed E-state index contributed by atoms with van der Waals surface area (Å²) in [7, 11) is 1.53. The lowest BCUT2D eigenvalue weighted by Crippen LogP contribution is -2.28. The molecule has 1 amide bonds. The number of fused-ring (bicyclic) bond motifs is 1. The Hall–Kier alpha value is -3.04. The SMILES string of the molecule is COCCNC(=O)/C(C#N)=C\Nc1cccc2c(O)cccc12. The fraction of sp³-hybridized carbons (Fsp3) is 0.176. The van der Waals surface area contributed by atoms with E-state index < -0.39 is 5.91 Å².